The molecule has 0 radical (unpaired) electrons. The Bertz CT molecular complexity index is 629. The van der Waals surface area contributed by atoms with Crippen LogP contribution in [0.1, 0.15) is 10.4 Å². The average Bonchev–Trinajstić information content (AvgIpc) is 2.45. The highest BCUT2D eigenvalue weighted by Gasteiger charge is 2.13. The third kappa shape index (κ3) is 3.57. The van der Waals surface area contributed by atoms with E-state index in [9.17, 15) is 13.6 Å². The van der Waals surface area contributed by atoms with Gasteiger partial charge in [0.2, 0.25) is 0 Å². The molecule has 2 rings (SSSR count). The zero-order valence-electron chi connectivity index (χ0n) is 10.7. The smallest absolute Gasteiger partial charge is 0.176 e. The Morgan fingerprint density at radius 1 is 1.15 bits per heavy atom. The van der Waals surface area contributed by atoms with Gasteiger partial charge in [-0.1, -0.05) is 6.07 Å². The Hall–Kier alpha value is -1.88. The fourth-order valence-electron chi connectivity index (χ4n) is 1.68. The van der Waals surface area contributed by atoms with Crippen molar-refractivity contribution in [1.29, 1.82) is 0 Å². The van der Waals surface area contributed by atoms with Gasteiger partial charge in [0.1, 0.15) is 17.4 Å². The first-order valence-electron chi connectivity index (χ1n) is 5.85. The Kier molecular flexibility index (Phi) is 4.74. The molecular weight excluding hydrogens is 282 g/mol. The number of methoxy groups -OCH3 is 1. The van der Waals surface area contributed by atoms with E-state index in [1.165, 1.54) is 43.1 Å². The first-order chi connectivity index (χ1) is 9.60. The van der Waals surface area contributed by atoms with E-state index in [1.807, 2.05) is 0 Å². The molecule has 0 atom stereocenters. The molecule has 0 amide bonds. The summed E-state index contributed by atoms with van der Waals surface area (Å²) in [6, 6.07) is 9.76. The molecule has 0 aromatic heterocycles. The molecule has 0 bridgehead atoms. The van der Waals surface area contributed by atoms with Crippen molar-refractivity contribution in [2.24, 2.45) is 0 Å². The minimum absolute atomic E-state index is 0.0866. The molecule has 2 aromatic rings. The molecule has 2 nitrogen and oxygen atoms in total. The Labute approximate surface area is 119 Å². The van der Waals surface area contributed by atoms with Crippen LogP contribution in [0.15, 0.2) is 47.4 Å². The number of Topliss-reactive ketones (excluding diaryl/α,β-unsaturated/α-hetero) is 1. The van der Waals surface area contributed by atoms with Gasteiger partial charge in [-0.2, -0.15) is 0 Å². The van der Waals surface area contributed by atoms with E-state index in [0.29, 0.717) is 10.6 Å². The molecule has 5 heteroatoms. The summed E-state index contributed by atoms with van der Waals surface area (Å²) in [5, 5.41) is 0. The molecule has 0 aliphatic heterocycles. The zero-order chi connectivity index (χ0) is 14.5. The second-order valence-electron chi connectivity index (χ2n) is 4.01. The number of hydrogen-bond acceptors (Lipinski definition) is 3. The first-order valence-corrected chi connectivity index (χ1v) is 6.84. The fraction of sp³-hybridized carbons (Fsp3) is 0.133. The molecular formula is C15H12F2O2S. The van der Waals surface area contributed by atoms with E-state index < -0.39 is 5.82 Å². The Morgan fingerprint density at radius 3 is 2.60 bits per heavy atom. The number of carbonyl (C=O) groups is 1. The van der Waals surface area contributed by atoms with Crippen molar-refractivity contribution in [2.45, 2.75) is 4.90 Å². The summed E-state index contributed by atoms with van der Waals surface area (Å²) in [5.41, 5.74) is 0.191. The number of rotatable bonds is 5. The lowest BCUT2D eigenvalue weighted by molar-refractivity contribution is 0.101. The monoisotopic (exact) mass is 294 g/mol. The lowest BCUT2D eigenvalue weighted by Crippen LogP contribution is -2.05. The summed E-state index contributed by atoms with van der Waals surface area (Å²) >= 11 is 1.20. The second kappa shape index (κ2) is 6.52. The van der Waals surface area contributed by atoms with Crippen molar-refractivity contribution >= 4 is 17.5 Å². The molecule has 0 saturated heterocycles. The van der Waals surface area contributed by atoms with Crippen LogP contribution in [0.4, 0.5) is 8.78 Å². The lowest BCUT2D eigenvalue weighted by atomic mass is 10.1. The van der Waals surface area contributed by atoms with E-state index in [4.69, 9.17) is 4.74 Å². The third-order valence-corrected chi connectivity index (χ3v) is 3.62. The van der Waals surface area contributed by atoms with Gasteiger partial charge in [0, 0.05) is 4.90 Å². The van der Waals surface area contributed by atoms with Gasteiger partial charge in [-0.25, -0.2) is 8.78 Å². The highest BCUT2D eigenvalue weighted by Crippen LogP contribution is 2.24. The largest absolute Gasteiger partial charge is 0.496 e. The predicted molar refractivity (Wildman–Crippen MR) is 74.4 cm³/mol. The highest BCUT2D eigenvalue weighted by atomic mass is 32.2. The zero-order valence-corrected chi connectivity index (χ0v) is 11.5. The van der Waals surface area contributed by atoms with Crippen molar-refractivity contribution in [2.75, 3.05) is 12.9 Å². The Morgan fingerprint density at radius 2 is 1.90 bits per heavy atom. The second-order valence-corrected chi connectivity index (χ2v) is 5.06. The topological polar surface area (TPSA) is 26.3 Å². The third-order valence-electron chi connectivity index (χ3n) is 2.63. The van der Waals surface area contributed by atoms with Crippen molar-refractivity contribution in [3.05, 3.63) is 59.7 Å². The predicted octanol–water partition coefficient (Wildman–Crippen LogP) is 3.95. The van der Waals surface area contributed by atoms with E-state index in [2.05, 4.69) is 0 Å². The first kappa shape index (κ1) is 14.5. The summed E-state index contributed by atoms with van der Waals surface area (Å²) in [5.74, 6) is -0.703. The van der Waals surface area contributed by atoms with Crippen molar-refractivity contribution in [3.63, 3.8) is 0 Å². The van der Waals surface area contributed by atoms with Gasteiger partial charge in [0.25, 0.3) is 0 Å². The number of carbonyl (C=O) groups excluding carboxylic acids is 1. The van der Waals surface area contributed by atoms with Crippen molar-refractivity contribution in [3.8, 4) is 5.75 Å². The van der Waals surface area contributed by atoms with E-state index in [-0.39, 0.29) is 22.9 Å². The van der Waals surface area contributed by atoms with Gasteiger partial charge < -0.3 is 4.74 Å². The molecule has 0 spiro atoms. The van der Waals surface area contributed by atoms with Crippen LogP contribution in [0.3, 0.4) is 0 Å². The van der Waals surface area contributed by atoms with Crippen LogP contribution in [-0.4, -0.2) is 18.6 Å². The van der Waals surface area contributed by atoms with Gasteiger partial charge in [0.15, 0.2) is 5.78 Å². The minimum atomic E-state index is -0.495. The molecule has 0 aliphatic rings. The van der Waals surface area contributed by atoms with Crippen LogP contribution < -0.4 is 4.74 Å². The molecule has 0 saturated carbocycles. The van der Waals surface area contributed by atoms with E-state index >= 15 is 0 Å². The molecule has 20 heavy (non-hydrogen) atoms. The van der Waals surface area contributed by atoms with E-state index in [0.717, 1.165) is 6.07 Å². The van der Waals surface area contributed by atoms with Crippen LogP contribution in [0.25, 0.3) is 0 Å². The summed E-state index contributed by atoms with van der Waals surface area (Å²) in [6.45, 7) is 0. The van der Waals surface area contributed by atoms with Crippen molar-refractivity contribution < 1.29 is 18.3 Å². The molecule has 0 unspecified atom stereocenters. The summed E-state index contributed by atoms with van der Waals surface area (Å²) in [7, 11) is 1.42. The molecule has 0 fully saturated rings. The number of halogens is 2. The summed E-state index contributed by atoms with van der Waals surface area (Å²) in [4.78, 5) is 12.7. The van der Waals surface area contributed by atoms with Crippen molar-refractivity contribution in [1.82, 2.24) is 0 Å². The SMILES string of the molecule is COc1ccc(F)cc1C(=O)CSc1cccc(F)c1. The molecule has 0 heterocycles. The quantitative estimate of drug-likeness (QED) is 0.617. The average molecular weight is 294 g/mol. The summed E-state index contributed by atoms with van der Waals surface area (Å²) in [6.07, 6.45) is 0. The van der Waals surface area contributed by atoms with Gasteiger partial charge in [-0.15, -0.1) is 11.8 Å². The maximum Gasteiger partial charge on any atom is 0.176 e. The molecule has 0 aliphatic carbocycles. The highest BCUT2D eigenvalue weighted by molar-refractivity contribution is 8.00. The van der Waals surface area contributed by atoms with Crippen LogP contribution in [0, 0.1) is 11.6 Å². The van der Waals surface area contributed by atoms with Gasteiger partial charge >= 0.3 is 0 Å². The van der Waals surface area contributed by atoms with Crippen LogP contribution in [-0.2, 0) is 0 Å². The number of thioether (sulfide) groups is 1. The molecule has 104 valence electrons. The maximum absolute atomic E-state index is 13.2. The number of ketones is 1. The normalized spacial score (nSPS) is 10.3. The summed E-state index contributed by atoms with van der Waals surface area (Å²) < 4.78 is 31.3. The van der Waals surface area contributed by atoms with E-state index in [1.54, 1.807) is 12.1 Å². The van der Waals surface area contributed by atoms with Crippen LogP contribution in [0.5, 0.6) is 5.75 Å². The Balaban J connectivity index is 2.10. The number of hydrogen-bond donors (Lipinski definition) is 0. The fourth-order valence-corrected chi connectivity index (χ4v) is 2.51. The molecule has 0 N–H and O–H groups in total. The van der Waals surface area contributed by atoms with Gasteiger partial charge in [-0.05, 0) is 36.4 Å². The minimum Gasteiger partial charge on any atom is -0.496 e. The van der Waals surface area contributed by atoms with Gasteiger partial charge in [0.05, 0.1) is 18.4 Å². The lowest BCUT2D eigenvalue weighted by Gasteiger charge is -2.07. The molecule has 2 aromatic carbocycles. The number of benzene rings is 2. The maximum atomic E-state index is 13.2. The number of ether oxygens (including phenoxy) is 1. The van der Waals surface area contributed by atoms with Crippen LogP contribution in [0.2, 0.25) is 0 Å². The van der Waals surface area contributed by atoms with Crippen LogP contribution >= 0.6 is 11.8 Å². The van der Waals surface area contributed by atoms with Gasteiger partial charge in [-0.3, -0.25) is 4.79 Å². The standard InChI is InChI=1S/C15H12F2O2S/c1-19-15-6-5-11(17)8-13(15)14(18)9-20-12-4-2-3-10(16)7-12/h2-8H,9H2,1H3.